The molecule has 2 rings (SSSR count). The highest BCUT2D eigenvalue weighted by atomic mass is 19.2. The van der Waals surface area contributed by atoms with Crippen molar-refractivity contribution in [2.75, 3.05) is 37.0 Å². The standard InChI is InChI=1S/C9H10F3N3/c1-14-3-4-15(2)7-6(14)5(10)8(11)13-9(7)12/h3-4H2,1-2H3. The van der Waals surface area contributed by atoms with Crippen molar-refractivity contribution in [3.8, 4) is 0 Å². The molecule has 2 heterocycles. The van der Waals surface area contributed by atoms with Gasteiger partial charge in [0, 0.05) is 27.2 Å². The molecule has 3 nitrogen and oxygen atoms in total. The highest BCUT2D eigenvalue weighted by Crippen LogP contribution is 2.35. The van der Waals surface area contributed by atoms with Gasteiger partial charge in [0.1, 0.15) is 11.4 Å². The van der Waals surface area contributed by atoms with Crippen LogP contribution in [0.1, 0.15) is 0 Å². The number of hydrogen-bond acceptors (Lipinski definition) is 3. The Bertz CT molecular complexity index is 408. The maximum atomic E-state index is 13.4. The largest absolute Gasteiger partial charge is 0.368 e. The van der Waals surface area contributed by atoms with Gasteiger partial charge in [-0.1, -0.05) is 0 Å². The number of pyridine rings is 1. The van der Waals surface area contributed by atoms with Crippen molar-refractivity contribution in [3.63, 3.8) is 0 Å². The highest BCUT2D eigenvalue weighted by molar-refractivity contribution is 5.73. The molecular weight excluding hydrogens is 207 g/mol. The van der Waals surface area contributed by atoms with Gasteiger partial charge in [-0.2, -0.15) is 18.2 Å². The molecule has 0 bridgehead atoms. The van der Waals surface area contributed by atoms with Gasteiger partial charge >= 0.3 is 0 Å². The van der Waals surface area contributed by atoms with E-state index in [0.717, 1.165) is 0 Å². The second-order valence-corrected chi connectivity index (χ2v) is 3.55. The van der Waals surface area contributed by atoms with Gasteiger partial charge in [-0.3, -0.25) is 0 Å². The van der Waals surface area contributed by atoms with E-state index in [1.165, 1.54) is 9.80 Å². The van der Waals surface area contributed by atoms with E-state index in [4.69, 9.17) is 0 Å². The van der Waals surface area contributed by atoms with Crippen molar-refractivity contribution < 1.29 is 13.2 Å². The summed E-state index contributed by atoms with van der Waals surface area (Å²) in [6.07, 6.45) is 0. The minimum Gasteiger partial charge on any atom is -0.368 e. The maximum absolute atomic E-state index is 13.4. The van der Waals surface area contributed by atoms with Crippen molar-refractivity contribution in [1.82, 2.24) is 4.98 Å². The van der Waals surface area contributed by atoms with Crippen LogP contribution in [0.15, 0.2) is 0 Å². The molecule has 0 aromatic carbocycles. The SMILES string of the molecule is CN1CCN(C)c2c(F)c(F)nc(F)c21. The molecule has 1 aliphatic rings. The van der Waals surface area contributed by atoms with E-state index in [2.05, 4.69) is 4.98 Å². The second kappa shape index (κ2) is 3.29. The summed E-state index contributed by atoms with van der Waals surface area (Å²) in [7, 11) is 3.21. The number of nitrogens with zero attached hydrogens (tertiary/aromatic N) is 3. The fourth-order valence-corrected chi connectivity index (χ4v) is 1.70. The molecule has 0 spiro atoms. The first kappa shape index (κ1) is 10.1. The third-order valence-electron chi connectivity index (χ3n) is 2.54. The first-order valence-corrected chi connectivity index (χ1v) is 4.49. The number of hydrogen-bond donors (Lipinski definition) is 0. The molecule has 0 atom stereocenters. The normalized spacial score (nSPS) is 15.5. The first-order valence-electron chi connectivity index (χ1n) is 4.49. The summed E-state index contributed by atoms with van der Waals surface area (Å²) in [6.45, 7) is 1.07. The van der Waals surface area contributed by atoms with E-state index in [1.54, 1.807) is 14.1 Å². The maximum Gasteiger partial charge on any atom is 0.253 e. The first-order chi connectivity index (χ1) is 7.02. The Morgan fingerprint density at radius 3 is 2.07 bits per heavy atom. The van der Waals surface area contributed by atoms with Gasteiger partial charge < -0.3 is 9.80 Å². The molecule has 0 fully saturated rings. The molecule has 1 aromatic rings. The van der Waals surface area contributed by atoms with Crippen LogP contribution in [0.5, 0.6) is 0 Å². The van der Waals surface area contributed by atoms with E-state index in [0.29, 0.717) is 13.1 Å². The molecule has 0 saturated carbocycles. The smallest absolute Gasteiger partial charge is 0.253 e. The van der Waals surface area contributed by atoms with Crippen molar-refractivity contribution in [3.05, 3.63) is 17.7 Å². The van der Waals surface area contributed by atoms with Crippen LogP contribution < -0.4 is 9.80 Å². The number of rotatable bonds is 0. The van der Waals surface area contributed by atoms with Crippen LogP contribution in [0, 0.1) is 17.7 Å². The molecule has 0 aliphatic carbocycles. The van der Waals surface area contributed by atoms with Crippen molar-refractivity contribution in [2.45, 2.75) is 0 Å². The topological polar surface area (TPSA) is 19.4 Å². The lowest BCUT2D eigenvalue weighted by molar-refractivity contribution is 0.444. The molecule has 0 unspecified atom stereocenters. The minimum absolute atomic E-state index is 0.0163. The molecule has 0 radical (unpaired) electrons. The third-order valence-corrected chi connectivity index (χ3v) is 2.54. The molecule has 0 amide bonds. The molecule has 82 valence electrons. The predicted octanol–water partition coefficient (Wildman–Crippen LogP) is 1.38. The number of halogens is 3. The zero-order valence-electron chi connectivity index (χ0n) is 8.39. The van der Waals surface area contributed by atoms with Gasteiger partial charge in [0.05, 0.1) is 0 Å². The average Bonchev–Trinajstić information content (AvgIpc) is 2.18. The summed E-state index contributed by atoms with van der Waals surface area (Å²) in [5, 5.41) is 0. The summed E-state index contributed by atoms with van der Waals surface area (Å²) in [4.78, 5) is 5.91. The van der Waals surface area contributed by atoms with Crippen LogP contribution in [0.4, 0.5) is 24.5 Å². The lowest BCUT2D eigenvalue weighted by atomic mass is 10.2. The van der Waals surface area contributed by atoms with Gasteiger partial charge in [0.2, 0.25) is 11.8 Å². The van der Waals surface area contributed by atoms with Gasteiger partial charge in [-0.05, 0) is 0 Å². The van der Waals surface area contributed by atoms with Crippen molar-refractivity contribution in [1.29, 1.82) is 0 Å². The fourth-order valence-electron chi connectivity index (χ4n) is 1.70. The highest BCUT2D eigenvalue weighted by Gasteiger charge is 2.28. The third kappa shape index (κ3) is 1.40. The van der Waals surface area contributed by atoms with E-state index in [1.807, 2.05) is 0 Å². The average molecular weight is 217 g/mol. The number of aromatic nitrogens is 1. The van der Waals surface area contributed by atoms with Crippen molar-refractivity contribution in [2.24, 2.45) is 0 Å². The predicted molar refractivity (Wildman–Crippen MR) is 50.7 cm³/mol. The number of fused-ring (bicyclic) bond motifs is 1. The quantitative estimate of drug-likeness (QED) is 0.612. The molecule has 1 aromatic heterocycles. The lowest BCUT2D eigenvalue weighted by Gasteiger charge is -2.34. The Balaban J connectivity index is 2.71. The summed E-state index contributed by atoms with van der Waals surface area (Å²) >= 11 is 0. The molecule has 15 heavy (non-hydrogen) atoms. The minimum atomic E-state index is -1.40. The molecule has 6 heteroatoms. The molecule has 0 N–H and O–H groups in total. The summed E-state index contributed by atoms with van der Waals surface area (Å²) in [5.41, 5.74) is -0.0450. The van der Waals surface area contributed by atoms with Gasteiger partial charge in [0.15, 0.2) is 0 Å². The molecule has 0 saturated heterocycles. The van der Waals surface area contributed by atoms with Crippen LogP contribution in [-0.2, 0) is 0 Å². The monoisotopic (exact) mass is 217 g/mol. The van der Waals surface area contributed by atoms with E-state index >= 15 is 0 Å². The van der Waals surface area contributed by atoms with Crippen LogP contribution >= 0.6 is 0 Å². The Labute approximate surface area is 85.1 Å². The summed E-state index contributed by atoms with van der Waals surface area (Å²) in [6, 6.07) is 0. The summed E-state index contributed by atoms with van der Waals surface area (Å²) < 4.78 is 39.7. The zero-order chi connectivity index (χ0) is 11.2. The van der Waals surface area contributed by atoms with Crippen LogP contribution in [0.25, 0.3) is 0 Å². The second-order valence-electron chi connectivity index (χ2n) is 3.55. The summed E-state index contributed by atoms with van der Waals surface area (Å²) in [5.74, 6) is -3.47. The molecule has 1 aliphatic heterocycles. The van der Waals surface area contributed by atoms with Crippen molar-refractivity contribution >= 4 is 11.4 Å². The Hall–Kier alpha value is -1.46. The Kier molecular flexibility index (Phi) is 2.21. The van der Waals surface area contributed by atoms with Crippen LogP contribution in [-0.4, -0.2) is 32.2 Å². The number of anilines is 2. The van der Waals surface area contributed by atoms with Crippen LogP contribution in [0.3, 0.4) is 0 Å². The molecular formula is C9H10F3N3. The van der Waals surface area contributed by atoms with E-state index in [9.17, 15) is 13.2 Å². The number of likely N-dealkylation sites (N-methyl/N-ethyl adjacent to an activating group) is 2. The van der Waals surface area contributed by atoms with Gasteiger partial charge in [-0.15, -0.1) is 0 Å². The van der Waals surface area contributed by atoms with Gasteiger partial charge in [0.25, 0.3) is 5.95 Å². The lowest BCUT2D eigenvalue weighted by Crippen LogP contribution is -2.38. The Morgan fingerprint density at radius 1 is 0.933 bits per heavy atom. The zero-order valence-corrected chi connectivity index (χ0v) is 8.39. The fraction of sp³-hybridized carbons (Fsp3) is 0.444. The van der Waals surface area contributed by atoms with E-state index < -0.39 is 17.7 Å². The Morgan fingerprint density at radius 2 is 1.47 bits per heavy atom. The van der Waals surface area contributed by atoms with Gasteiger partial charge in [-0.25, -0.2) is 0 Å². The van der Waals surface area contributed by atoms with E-state index in [-0.39, 0.29) is 11.4 Å². The van der Waals surface area contributed by atoms with Crippen LogP contribution in [0.2, 0.25) is 0 Å².